The largest absolute Gasteiger partial charge is 0.466 e. The van der Waals surface area contributed by atoms with Gasteiger partial charge in [-0.25, -0.2) is 0 Å². The van der Waals surface area contributed by atoms with Gasteiger partial charge in [0.2, 0.25) is 0 Å². The zero-order valence-corrected chi connectivity index (χ0v) is 8.82. The molecule has 1 aromatic heterocycles. The average molecular weight is 207 g/mol. The number of esters is 1. The number of hydrogen-bond acceptors (Lipinski definition) is 4. The van der Waals surface area contributed by atoms with E-state index < -0.39 is 5.97 Å². The van der Waals surface area contributed by atoms with Crippen LogP contribution in [0.5, 0.6) is 0 Å². The number of nitrogens with zero attached hydrogens (tertiary/aromatic N) is 1. The maximum Gasteiger partial charge on any atom is 0.313 e. The van der Waals surface area contributed by atoms with Crippen LogP contribution in [-0.2, 0) is 9.53 Å². The van der Waals surface area contributed by atoms with Crippen molar-refractivity contribution < 1.29 is 14.3 Å². The minimum absolute atomic E-state index is 0.211. The maximum absolute atomic E-state index is 11.6. The van der Waals surface area contributed by atoms with Crippen LogP contribution in [0.2, 0.25) is 0 Å². The van der Waals surface area contributed by atoms with Gasteiger partial charge >= 0.3 is 5.97 Å². The molecule has 80 valence electrons. The lowest BCUT2D eigenvalue weighted by atomic mass is 10.1. The molecule has 0 aliphatic heterocycles. The zero-order valence-electron chi connectivity index (χ0n) is 8.82. The summed E-state index contributed by atoms with van der Waals surface area (Å²) in [5.74, 6) is -0.726. The van der Waals surface area contributed by atoms with Gasteiger partial charge in [0.05, 0.1) is 6.61 Å². The molecule has 0 unspecified atom stereocenters. The highest BCUT2D eigenvalue weighted by atomic mass is 16.5. The first-order chi connectivity index (χ1) is 7.13. The molecule has 0 bridgehead atoms. The summed E-state index contributed by atoms with van der Waals surface area (Å²) in [6.45, 7) is 3.79. The molecule has 0 amide bonds. The Morgan fingerprint density at radius 1 is 1.47 bits per heavy atom. The smallest absolute Gasteiger partial charge is 0.313 e. The normalized spacial score (nSPS) is 9.73. The number of aryl methyl sites for hydroxylation is 1. The summed E-state index contributed by atoms with van der Waals surface area (Å²) in [6, 6.07) is 3.25. The fourth-order valence-corrected chi connectivity index (χ4v) is 1.16. The van der Waals surface area contributed by atoms with Gasteiger partial charge in [0.1, 0.15) is 6.42 Å². The number of Topliss-reactive ketones (excluding diaryl/α,β-unsaturated/α-hetero) is 1. The van der Waals surface area contributed by atoms with Gasteiger partial charge in [-0.2, -0.15) is 0 Å². The molecule has 4 heteroatoms. The van der Waals surface area contributed by atoms with Crippen LogP contribution in [0, 0.1) is 6.92 Å². The Balaban J connectivity index is 2.65. The fraction of sp³-hybridized carbons (Fsp3) is 0.364. The number of carbonyl (C=O) groups excluding carboxylic acids is 2. The number of rotatable bonds is 4. The summed E-state index contributed by atoms with van der Waals surface area (Å²) < 4.78 is 4.69. The molecule has 1 rings (SSSR count). The molecule has 0 fully saturated rings. The Morgan fingerprint density at radius 3 is 2.80 bits per heavy atom. The van der Waals surface area contributed by atoms with E-state index in [1.807, 2.05) is 0 Å². The number of carbonyl (C=O) groups is 2. The first kappa shape index (κ1) is 11.4. The Hall–Kier alpha value is -1.71. The molecule has 0 atom stereocenters. The predicted octanol–water partition coefficient (Wildman–Crippen LogP) is 1.53. The molecule has 1 aromatic rings. The molecule has 1 heterocycles. The molecule has 0 aliphatic rings. The predicted molar refractivity (Wildman–Crippen MR) is 54.6 cm³/mol. The highest BCUT2D eigenvalue weighted by molar-refractivity contribution is 6.05. The van der Waals surface area contributed by atoms with Gasteiger partial charge in [0.25, 0.3) is 0 Å². The number of ketones is 1. The van der Waals surface area contributed by atoms with Gasteiger partial charge in [-0.3, -0.25) is 14.6 Å². The first-order valence-electron chi connectivity index (χ1n) is 4.75. The Morgan fingerprint density at radius 2 is 2.20 bits per heavy atom. The lowest BCUT2D eigenvalue weighted by molar-refractivity contribution is -0.141. The second kappa shape index (κ2) is 5.24. The SMILES string of the molecule is CCOC(=O)CC(=O)c1ccnc(C)c1. The third kappa shape index (κ3) is 3.50. The molecule has 0 saturated heterocycles. The minimum Gasteiger partial charge on any atom is -0.466 e. The number of ether oxygens (including phenoxy) is 1. The molecule has 0 spiro atoms. The fourth-order valence-electron chi connectivity index (χ4n) is 1.16. The summed E-state index contributed by atoms with van der Waals surface area (Å²) in [6.07, 6.45) is 1.34. The summed E-state index contributed by atoms with van der Waals surface area (Å²) in [4.78, 5) is 26.6. The second-order valence-electron chi connectivity index (χ2n) is 3.09. The van der Waals surface area contributed by atoms with E-state index in [9.17, 15) is 9.59 Å². The molecule has 0 radical (unpaired) electrons. The van der Waals surface area contributed by atoms with Gasteiger partial charge in [-0.15, -0.1) is 0 Å². The molecule has 0 aromatic carbocycles. The van der Waals surface area contributed by atoms with Crippen LogP contribution in [0.1, 0.15) is 29.4 Å². The van der Waals surface area contributed by atoms with E-state index in [4.69, 9.17) is 0 Å². The van der Waals surface area contributed by atoms with Gasteiger partial charge in [-0.05, 0) is 26.0 Å². The lowest BCUT2D eigenvalue weighted by Crippen LogP contribution is -2.11. The number of hydrogen-bond donors (Lipinski definition) is 0. The van der Waals surface area contributed by atoms with Crippen LogP contribution < -0.4 is 0 Å². The van der Waals surface area contributed by atoms with E-state index in [1.54, 1.807) is 32.2 Å². The van der Waals surface area contributed by atoms with Crippen molar-refractivity contribution in [2.24, 2.45) is 0 Å². The van der Waals surface area contributed by atoms with Crippen molar-refractivity contribution in [1.29, 1.82) is 0 Å². The van der Waals surface area contributed by atoms with E-state index in [0.717, 1.165) is 5.69 Å². The first-order valence-corrected chi connectivity index (χ1v) is 4.75. The summed E-state index contributed by atoms with van der Waals surface area (Å²) >= 11 is 0. The van der Waals surface area contributed by atoms with Crippen LogP contribution in [0.25, 0.3) is 0 Å². The van der Waals surface area contributed by atoms with Crippen LogP contribution in [0.3, 0.4) is 0 Å². The van der Waals surface area contributed by atoms with Crippen molar-refractivity contribution in [3.05, 3.63) is 29.6 Å². The van der Waals surface area contributed by atoms with Crippen molar-refractivity contribution in [2.75, 3.05) is 6.61 Å². The Kier molecular flexibility index (Phi) is 3.97. The quantitative estimate of drug-likeness (QED) is 0.427. The number of pyridine rings is 1. The molecule has 0 aliphatic carbocycles. The van der Waals surface area contributed by atoms with Crippen molar-refractivity contribution in [1.82, 2.24) is 4.98 Å². The molecule has 0 N–H and O–H groups in total. The third-order valence-electron chi connectivity index (χ3n) is 1.83. The second-order valence-corrected chi connectivity index (χ2v) is 3.09. The van der Waals surface area contributed by atoms with Crippen molar-refractivity contribution in [3.63, 3.8) is 0 Å². The zero-order chi connectivity index (χ0) is 11.3. The maximum atomic E-state index is 11.6. The third-order valence-corrected chi connectivity index (χ3v) is 1.83. The Bertz CT molecular complexity index is 374. The minimum atomic E-state index is -0.489. The van der Waals surface area contributed by atoms with E-state index in [1.165, 1.54) is 0 Å². The monoisotopic (exact) mass is 207 g/mol. The average Bonchev–Trinajstić information content (AvgIpc) is 2.18. The summed E-state index contributed by atoms with van der Waals surface area (Å²) in [5, 5.41) is 0. The van der Waals surface area contributed by atoms with Gasteiger partial charge in [-0.1, -0.05) is 0 Å². The standard InChI is InChI=1S/C11H13NO3/c1-3-15-11(14)7-10(13)9-4-5-12-8(2)6-9/h4-6H,3,7H2,1-2H3. The summed E-state index contributed by atoms with van der Waals surface area (Å²) in [7, 11) is 0. The molecular formula is C11H13NO3. The highest BCUT2D eigenvalue weighted by Crippen LogP contribution is 2.05. The van der Waals surface area contributed by atoms with E-state index in [2.05, 4.69) is 9.72 Å². The van der Waals surface area contributed by atoms with Crippen molar-refractivity contribution in [2.45, 2.75) is 20.3 Å². The summed E-state index contributed by atoms with van der Waals surface area (Å²) in [5.41, 5.74) is 1.25. The van der Waals surface area contributed by atoms with Crippen molar-refractivity contribution in [3.8, 4) is 0 Å². The van der Waals surface area contributed by atoms with Crippen molar-refractivity contribution >= 4 is 11.8 Å². The van der Waals surface area contributed by atoms with Crippen LogP contribution >= 0.6 is 0 Å². The van der Waals surface area contributed by atoms with Crippen LogP contribution in [-0.4, -0.2) is 23.3 Å². The van der Waals surface area contributed by atoms with Crippen LogP contribution in [0.4, 0.5) is 0 Å². The van der Waals surface area contributed by atoms with Gasteiger partial charge in [0, 0.05) is 17.5 Å². The number of aromatic nitrogens is 1. The highest BCUT2D eigenvalue weighted by Gasteiger charge is 2.12. The molecular weight excluding hydrogens is 194 g/mol. The van der Waals surface area contributed by atoms with E-state index in [-0.39, 0.29) is 12.2 Å². The van der Waals surface area contributed by atoms with E-state index >= 15 is 0 Å². The Labute approximate surface area is 88.3 Å². The van der Waals surface area contributed by atoms with Gasteiger partial charge in [0.15, 0.2) is 5.78 Å². The van der Waals surface area contributed by atoms with E-state index in [0.29, 0.717) is 12.2 Å². The van der Waals surface area contributed by atoms with Gasteiger partial charge < -0.3 is 4.74 Å². The topological polar surface area (TPSA) is 56.3 Å². The molecule has 4 nitrogen and oxygen atoms in total. The molecule has 0 saturated carbocycles. The van der Waals surface area contributed by atoms with Crippen LogP contribution in [0.15, 0.2) is 18.3 Å². The molecule has 15 heavy (non-hydrogen) atoms. The lowest BCUT2D eigenvalue weighted by Gasteiger charge is -2.01.